The van der Waals surface area contributed by atoms with Gasteiger partial charge in [-0.2, -0.15) is 0 Å². The molecule has 0 aliphatic rings. The third-order valence-corrected chi connectivity index (χ3v) is 7.31. The minimum absolute atomic E-state index is 0.184. The first kappa shape index (κ1) is 29.6. The third-order valence-electron chi connectivity index (χ3n) is 7.31. The number of aryl methyl sites for hydroxylation is 1. The van der Waals surface area contributed by atoms with Crippen LogP contribution in [0.1, 0.15) is 97.0 Å². The average molecular weight is 517 g/mol. The fourth-order valence-corrected chi connectivity index (χ4v) is 4.85. The van der Waals surface area contributed by atoms with Gasteiger partial charge < -0.3 is 4.74 Å². The molecular weight excluding hydrogens is 471 g/mol. The summed E-state index contributed by atoms with van der Waals surface area (Å²) in [4.78, 5) is 12.4. The largest absolute Gasteiger partial charge is 0.424 e. The molecule has 0 saturated carbocycles. The van der Waals surface area contributed by atoms with Crippen molar-refractivity contribution in [3.8, 4) is 28.0 Å². The molecule has 0 N–H and O–H groups in total. The van der Waals surface area contributed by atoms with Gasteiger partial charge in [0.05, 0.1) is 0 Å². The Morgan fingerprint density at radius 1 is 0.684 bits per heavy atom. The van der Waals surface area contributed by atoms with Gasteiger partial charge in [0.15, 0.2) is 0 Å². The zero-order chi connectivity index (χ0) is 27.2. The molecule has 0 bridgehead atoms. The van der Waals surface area contributed by atoms with Gasteiger partial charge in [0.25, 0.3) is 0 Å². The van der Waals surface area contributed by atoms with Gasteiger partial charge in [-0.15, -0.1) is 0 Å². The molecule has 0 heterocycles. The second-order valence-electron chi connectivity index (χ2n) is 10.7. The molecule has 0 radical (unpaired) electrons. The van der Waals surface area contributed by atoms with Crippen LogP contribution in [0.4, 0.5) is 4.39 Å². The summed E-state index contributed by atoms with van der Waals surface area (Å²) < 4.78 is 20.2. The number of hydrogen-bond donors (Lipinski definition) is 0. The van der Waals surface area contributed by atoms with Crippen LogP contribution in [0, 0.1) is 0 Å². The van der Waals surface area contributed by atoms with Crippen LogP contribution in [-0.4, -0.2) is 11.6 Å². The van der Waals surface area contributed by atoms with Gasteiger partial charge in [-0.1, -0.05) is 126 Å². The van der Waals surface area contributed by atoms with Crippen molar-refractivity contribution in [2.45, 2.75) is 103 Å². The molecular formula is C35H45FO2. The quantitative estimate of drug-likeness (QED) is 0.107. The van der Waals surface area contributed by atoms with Crippen molar-refractivity contribution in [2.24, 2.45) is 0 Å². The lowest BCUT2D eigenvalue weighted by atomic mass is 9.93. The number of esters is 1. The number of alkyl halides is 1. The number of unbranched alkanes of at least 4 members (excludes halogenated alkanes) is 8. The Morgan fingerprint density at radius 2 is 1.18 bits per heavy atom. The maximum absolute atomic E-state index is 14.8. The minimum atomic E-state index is -1.97. The molecule has 38 heavy (non-hydrogen) atoms. The maximum atomic E-state index is 14.8. The summed E-state index contributed by atoms with van der Waals surface area (Å²) in [5, 5.41) is 0. The average Bonchev–Trinajstić information content (AvgIpc) is 2.93. The summed E-state index contributed by atoms with van der Waals surface area (Å²) in [6, 6.07) is 24.6. The smallest absolute Gasteiger partial charge is 0.348 e. The van der Waals surface area contributed by atoms with Gasteiger partial charge in [-0.3, -0.25) is 0 Å². The Hall–Kier alpha value is -2.94. The summed E-state index contributed by atoms with van der Waals surface area (Å²) in [7, 11) is 0. The van der Waals surface area contributed by atoms with Crippen LogP contribution in [0.3, 0.4) is 0 Å². The SMILES string of the molecule is CCCCCCCCCc1ccc(-c2ccccc2-c2ccc(OC(=O)C(C)(F)CCCCC)cc2)cc1. The van der Waals surface area contributed by atoms with Crippen LogP contribution in [0.2, 0.25) is 0 Å². The van der Waals surface area contributed by atoms with Gasteiger partial charge in [-0.05, 0) is 72.6 Å². The van der Waals surface area contributed by atoms with E-state index in [0.717, 1.165) is 36.0 Å². The van der Waals surface area contributed by atoms with Crippen molar-refractivity contribution in [3.05, 3.63) is 78.4 Å². The second-order valence-corrected chi connectivity index (χ2v) is 10.7. The van der Waals surface area contributed by atoms with E-state index in [1.54, 1.807) is 12.1 Å². The van der Waals surface area contributed by atoms with Crippen molar-refractivity contribution >= 4 is 5.97 Å². The molecule has 0 aliphatic carbocycles. The van der Waals surface area contributed by atoms with E-state index in [9.17, 15) is 9.18 Å². The molecule has 1 atom stereocenters. The van der Waals surface area contributed by atoms with Gasteiger partial charge in [0.1, 0.15) is 5.75 Å². The number of benzene rings is 3. The number of halogens is 1. The molecule has 0 aliphatic heterocycles. The molecule has 0 fully saturated rings. The van der Waals surface area contributed by atoms with Crippen LogP contribution in [-0.2, 0) is 11.2 Å². The van der Waals surface area contributed by atoms with E-state index in [1.165, 1.54) is 63.0 Å². The zero-order valence-electron chi connectivity index (χ0n) is 23.6. The molecule has 0 amide bonds. The number of carbonyl (C=O) groups is 1. The molecule has 1 unspecified atom stereocenters. The highest BCUT2D eigenvalue weighted by Gasteiger charge is 2.34. The monoisotopic (exact) mass is 516 g/mol. The minimum Gasteiger partial charge on any atom is -0.424 e. The lowest BCUT2D eigenvalue weighted by Gasteiger charge is -2.18. The summed E-state index contributed by atoms with van der Waals surface area (Å²) >= 11 is 0. The Morgan fingerprint density at radius 3 is 1.76 bits per heavy atom. The van der Waals surface area contributed by atoms with Gasteiger partial charge in [0, 0.05) is 0 Å². The fourth-order valence-electron chi connectivity index (χ4n) is 4.85. The van der Waals surface area contributed by atoms with E-state index in [1.807, 2.05) is 18.2 Å². The van der Waals surface area contributed by atoms with Crippen molar-refractivity contribution in [1.29, 1.82) is 0 Å². The van der Waals surface area contributed by atoms with Crippen molar-refractivity contribution in [2.75, 3.05) is 0 Å². The molecule has 3 rings (SSSR count). The predicted molar refractivity (Wildman–Crippen MR) is 158 cm³/mol. The molecule has 0 aromatic heterocycles. The van der Waals surface area contributed by atoms with Crippen LogP contribution >= 0.6 is 0 Å². The third kappa shape index (κ3) is 9.11. The Balaban J connectivity index is 1.61. The van der Waals surface area contributed by atoms with E-state index >= 15 is 0 Å². The second kappa shape index (κ2) is 15.5. The molecule has 2 nitrogen and oxygen atoms in total. The zero-order valence-corrected chi connectivity index (χ0v) is 23.6. The molecule has 0 saturated heterocycles. The van der Waals surface area contributed by atoms with Gasteiger partial charge >= 0.3 is 5.97 Å². The summed E-state index contributed by atoms with van der Waals surface area (Å²) in [6.45, 7) is 5.63. The van der Waals surface area contributed by atoms with E-state index in [2.05, 4.69) is 56.3 Å². The maximum Gasteiger partial charge on any atom is 0.348 e. The van der Waals surface area contributed by atoms with Gasteiger partial charge in [-0.25, -0.2) is 9.18 Å². The van der Waals surface area contributed by atoms with Crippen molar-refractivity contribution < 1.29 is 13.9 Å². The Kier molecular flexibility index (Phi) is 12.1. The van der Waals surface area contributed by atoms with Crippen molar-refractivity contribution in [1.82, 2.24) is 0 Å². The molecule has 3 heteroatoms. The highest BCUT2D eigenvalue weighted by molar-refractivity contribution is 5.84. The Bertz CT molecular complexity index is 1100. The summed E-state index contributed by atoms with van der Waals surface area (Å²) in [5.41, 5.74) is 3.90. The van der Waals surface area contributed by atoms with Crippen LogP contribution in [0.25, 0.3) is 22.3 Å². The first-order valence-electron chi connectivity index (χ1n) is 14.6. The fraction of sp³-hybridized carbons (Fsp3) is 0.457. The topological polar surface area (TPSA) is 26.3 Å². The van der Waals surface area contributed by atoms with E-state index < -0.39 is 11.6 Å². The van der Waals surface area contributed by atoms with Gasteiger partial charge in [0.2, 0.25) is 5.67 Å². The van der Waals surface area contributed by atoms with Crippen molar-refractivity contribution in [3.63, 3.8) is 0 Å². The van der Waals surface area contributed by atoms with E-state index in [4.69, 9.17) is 4.74 Å². The van der Waals surface area contributed by atoms with Crippen LogP contribution in [0.5, 0.6) is 5.75 Å². The van der Waals surface area contributed by atoms with Crippen LogP contribution in [0.15, 0.2) is 72.8 Å². The summed E-state index contributed by atoms with van der Waals surface area (Å²) in [6.07, 6.45) is 13.2. The standard InChI is InChI=1S/C35H45FO2/c1-4-6-8-9-10-11-12-16-28-19-21-29(22-20-28)32-17-13-14-18-33(32)30-23-25-31(26-24-30)38-34(37)35(3,36)27-15-7-5-2/h13-14,17-26H,4-12,15-16,27H2,1-3H3. The predicted octanol–water partition coefficient (Wildman–Crippen LogP) is 10.5. The Labute approximate surface area is 229 Å². The lowest BCUT2D eigenvalue weighted by molar-refractivity contribution is -0.147. The molecule has 3 aromatic rings. The van der Waals surface area contributed by atoms with Crippen LogP contribution < -0.4 is 4.74 Å². The first-order valence-corrected chi connectivity index (χ1v) is 14.6. The molecule has 0 spiro atoms. The van der Waals surface area contributed by atoms with E-state index in [0.29, 0.717) is 12.2 Å². The highest BCUT2D eigenvalue weighted by atomic mass is 19.1. The molecule has 204 valence electrons. The highest BCUT2D eigenvalue weighted by Crippen LogP contribution is 2.33. The first-order chi connectivity index (χ1) is 18.4. The lowest BCUT2D eigenvalue weighted by Crippen LogP contribution is -2.34. The normalized spacial score (nSPS) is 12.7. The number of ether oxygens (including phenoxy) is 1. The number of carbonyl (C=O) groups excluding carboxylic acids is 1. The summed E-state index contributed by atoms with van der Waals surface area (Å²) in [5.74, 6) is -0.455. The molecule has 3 aromatic carbocycles. The number of rotatable bonds is 16. The van der Waals surface area contributed by atoms with E-state index in [-0.39, 0.29) is 6.42 Å². The number of hydrogen-bond acceptors (Lipinski definition) is 2.